The van der Waals surface area contributed by atoms with Crippen molar-refractivity contribution in [1.29, 1.82) is 0 Å². The summed E-state index contributed by atoms with van der Waals surface area (Å²) in [5.74, 6) is 0. The van der Waals surface area contributed by atoms with E-state index >= 15 is 0 Å². The first kappa shape index (κ1) is 9.68. The van der Waals surface area contributed by atoms with Crippen LogP contribution < -0.4 is 11.5 Å². The van der Waals surface area contributed by atoms with Crippen LogP contribution in [-0.2, 0) is 6.54 Å². The van der Waals surface area contributed by atoms with Crippen molar-refractivity contribution in [3.05, 3.63) is 10.6 Å². The third-order valence-corrected chi connectivity index (χ3v) is 1.94. The highest BCUT2D eigenvalue weighted by Crippen LogP contribution is 2.17. The molecule has 0 atom stereocenters. The summed E-state index contributed by atoms with van der Waals surface area (Å²) in [6.45, 7) is 2.45. The minimum atomic E-state index is 0. The molecule has 0 aliphatic rings. The normalized spacial score (nSPS) is 9.00. The van der Waals surface area contributed by atoms with Crippen LogP contribution in [0.15, 0.2) is 0 Å². The molecule has 3 nitrogen and oxygen atoms in total. The van der Waals surface area contributed by atoms with Gasteiger partial charge in [-0.15, -0.1) is 23.7 Å². The number of aromatic nitrogens is 1. The molecule has 0 bridgehead atoms. The number of hydrogen-bond donors (Lipinski definition) is 2. The topological polar surface area (TPSA) is 64.9 Å². The van der Waals surface area contributed by atoms with Crippen molar-refractivity contribution < 1.29 is 0 Å². The monoisotopic (exact) mass is 179 g/mol. The first-order valence-electron chi connectivity index (χ1n) is 2.66. The van der Waals surface area contributed by atoms with Crippen LogP contribution in [0.1, 0.15) is 10.6 Å². The zero-order valence-corrected chi connectivity index (χ0v) is 7.26. The van der Waals surface area contributed by atoms with Crippen LogP contribution in [-0.4, -0.2) is 4.98 Å². The Morgan fingerprint density at radius 2 is 2.20 bits per heavy atom. The molecule has 1 heterocycles. The van der Waals surface area contributed by atoms with Gasteiger partial charge in [0.15, 0.2) is 5.13 Å². The Bertz CT molecular complexity index is 211. The number of thiazole rings is 1. The number of nitrogens with two attached hydrogens (primary N) is 2. The zero-order chi connectivity index (χ0) is 6.85. The lowest BCUT2D eigenvalue weighted by Crippen LogP contribution is -1.98. The summed E-state index contributed by atoms with van der Waals surface area (Å²) < 4.78 is 0. The van der Waals surface area contributed by atoms with Gasteiger partial charge in [-0.2, -0.15) is 0 Å². The second-order valence-electron chi connectivity index (χ2n) is 1.76. The molecular weight excluding hydrogens is 170 g/mol. The number of halogens is 1. The van der Waals surface area contributed by atoms with Crippen LogP contribution in [0.3, 0.4) is 0 Å². The van der Waals surface area contributed by atoms with E-state index in [1.807, 2.05) is 6.92 Å². The summed E-state index contributed by atoms with van der Waals surface area (Å²) in [4.78, 5) is 5.12. The van der Waals surface area contributed by atoms with Gasteiger partial charge in [-0.05, 0) is 6.92 Å². The smallest absolute Gasteiger partial charge is 0.180 e. The first-order chi connectivity index (χ1) is 4.24. The molecule has 0 spiro atoms. The lowest BCUT2D eigenvalue weighted by Gasteiger charge is -1.86. The van der Waals surface area contributed by atoms with E-state index in [1.165, 1.54) is 11.3 Å². The Morgan fingerprint density at radius 3 is 2.40 bits per heavy atom. The van der Waals surface area contributed by atoms with Crippen LogP contribution in [0.5, 0.6) is 0 Å². The van der Waals surface area contributed by atoms with Gasteiger partial charge in [-0.25, -0.2) is 4.98 Å². The van der Waals surface area contributed by atoms with Gasteiger partial charge in [0, 0.05) is 11.4 Å². The molecular formula is C5H10ClN3S. The molecule has 10 heavy (non-hydrogen) atoms. The minimum absolute atomic E-state index is 0. The van der Waals surface area contributed by atoms with E-state index in [4.69, 9.17) is 11.5 Å². The Labute approximate surface area is 69.9 Å². The van der Waals surface area contributed by atoms with Gasteiger partial charge in [0.2, 0.25) is 0 Å². The molecule has 4 N–H and O–H groups in total. The summed E-state index contributed by atoms with van der Waals surface area (Å²) in [7, 11) is 0. The largest absolute Gasteiger partial charge is 0.375 e. The van der Waals surface area contributed by atoms with Crippen LogP contribution in [0.4, 0.5) is 5.13 Å². The van der Waals surface area contributed by atoms with Crippen LogP contribution in [0, 0.1) is 6.92 Å². The molecule has 0 aromatic carbocycles. The number of hydrogen-bond acceptors (Lipinski definition) is 4. The molecule has 0 amide bonds. The second kappa shape index (κ2) is 3.75. The number of nitrogen functional groups attached to an aromatic ring is 1. The lowest BCUT2D eigenvalue weighted by molar-refractivity contribution is 0.999. The van der Waals surface area contributed by atoms with Crippen LogP contribution in [0.25, 0.3) is 0 Å². The quantitative estimate of drug-likeness (QED) is 0.674. The summed E-state index contributed by atoms with van der Waals surface area (Å²) in [5.41, 5.74) is 11.7. The third kappa shape index (κ3) is 1.83. The van der Waals surface area contributed by atoms with Crippen LogP contribution >= 0.6 is 23.7 Å². The van der Waals surface area contributed by atoms with Crippen molar-refractivity contribution in [2.75, 3.05) is 5.73 Å². The van der Waals surface area contributed by atoms with Gasteiger partial charge >= 0.3 is 0 Å². The molecule has 0 radical (unpaired) electrons. The average Bonchev–Trinajstić information content (AvgIpc) is 2.10. The standard InChI is InChI=1S/C5H9N3S.ClH/c1-3-4(2-6)8-5(7)9-3;/h2,6H2,1H3,(H2,7,8);1H. The maximum atomic E-state index is 5.41. The molecule has 58 valence electrons. The number of nitrogens with zero attached hydrogens (tertiary/aromatic N) is 1. The molecule has 0 aliphatic heterocycles. The minimum Gasteiger partial charge on any atom is -0.375 e. The SMILES string of the molecule is Cc1sc(N)nc1CN.Cl. The van der Waals surface area contributed by atoms with E-state index in [0.717, 1.165) is 10.6 Å². The Hall–Kier alpha value is -0.320. The highest BCUT2D eigenvalue weighted by molar-refractivity contribution is 7.15. The van der Waals surface area contributed by atoms with Gasteiger partial charge in [0.25, 0.3) is 0 Å². The number of rotatable bonds is 1. The molecule has 1 aromatic heterocycles. The van der Waals surface area contributed by atoms with Gasteiger partial charge in [0.05, 0.1) is 5.69 Å². The van der Waals surface area contributed by atoms with Gasteiger partial charge < -0.3 is 11.5 Å². The Kier molecular flexibility index (Phi) is 3.63. The van der Waals surface area contributed by atoms with Crippen molar-refractivity contribution in [3.63, 3.8) is 0 Å². The fourth-order valence-electron chi connectivity index (χ4n) is 0.640. The fourth-order valence-corrected chi connectivity index (χ4v) is 1.36. The average molecular weight is 180 g/mol. The summed E-state index contributed by atoms with van der Waals surface area (Å²) in [6, 6.07) is 0. The van der Waals surface area contributed by atoms with E-state index in [-0.39, 0.29) is 12.4 Å². The van der Waals surface area contributed by atoms with Crippen LogP contribution in [0.2, 0.25) is 0 Å². The highest BCUT2D eigenvalue weighted by Gasteiger charge is 2.00. The number of aryl methyl sites for hydroxylation is 1. The van der Waals surface area contributed by atoms with E-state index in [1.54, 1.807) is 0 Å². The Balaban J connectivity index is 0.000000810. The number of anilines is 1. The maximum Gasteiger partial charge on any atom is 0.180 e. The molecule has 5 heteroatoms. The molecule has 0 saturated carbocycles. The van der Waals surface area contributed by atoms with Crippen molar-refractivity contribution in [2.24, 2.45) is 5.73 Å². The molecule has 1 rings (SSSR count). The zero-order valence-electron chi connectivity index (χ0n) is 5.63. The van der Waals surface area contributed by atoms with Crippen molar-refractivity contribution in [3.8, 4) is 0 Å². The van der Waals surface area contributed by atoms with Gasteiger partial charge in [-0.1, -0.05) is 0 Å². The second-order valence-corrected chi connectivity index (χ2v) is 2.99. The molecule has 0 saturated heterocycles. The van der Waals surface area contributed by atoms with E-state index < -0.39 is 0 Å². The van der Waals surface area contributed by atoms with Gasteiger partial charge in [-0.3, -0.25) is 0 Å². The summed E-state index contributed by atoms with van der Waals surface area (Å²) in [6.07, 6.45) is 0. The summed E-state index contributed by atoms with van der Waals surface area (Å²) >= 11 is 1.48. The Morgan fingerprint density at radius 1 is 1.60 bits per heavy atom. The first-order valence-corrected chi connectivity index (χ1v) is 3.47. The predicted molar refractivity (Wildman–Crippen MR) is 46.4 cm³/mol. The molecule has 0 fully saturated rings. The van der Waals surface area contributed by atoms with E-state index in [0.29, 0.717) is 11.7 Å². The molecule has 0 aliphatic carbocycles. The summed E-state index contributed by atoms with van der Waals surface area (Å²) in [5, 5.41) is 0.605. The molecule has 0 unspecified atom stereocenters. The third-order valence-electron chi connectivity index (χ3n) is 1.10. The van der Waals surface area contributed by atoms with Crippen molar-refractivity contribution >= 4 is 28.9 Å². The van der Waals surface area contributed by atoms with E-state index in [2.05, 4.69) is 4.98 Å². The highest BCUT2D eigenvalue weighted by atomic mass is 35.5. The maximum absolute atomic E-state index is 5.41. The van der Waals surface area contributed by atoms with E-state index in [9.17, 15) is 0 Å². The fraction of sp³-hybridized carbons (Fsp3) is 0.400. The lowest BCUT2D eigenvalue weighted by atomic mass is 10.4. The predicted octanol–water partition coefficient (Wildman–Crippen LogP) is 0.914. The van der Waals surface area contributed by atoms with Crippen molar-refractivity contribution in [1.82, 2.24) is 4.98 Å². The van der Waals surface area contributed by atoms with Crippen molar-refractivity contribution in [2.45, 2.75) is 13.5 Å². The van der Waals surface area contributed by atoms with Gasteiger partial charge in [0.1, 0.15) is 0 Å². The molecule has 1 aromatic rings.